The van der Waals surface area contributed by atoms with Crippen LogP contribution in [-0.4, -0.2) is 53.8 Å². The Balaban J connectivity index is 1.87. The largest absolute Gasteiger partial charge is 0.336 e. The number of amides is 2. The van der Waals surface area contributed by atoms with Gasteiger partial charge >= 0.3 is 0 Å². The number of likely N-dealkylation sites (N-methyl/N-ethyl adjacent to an activating group) is 1. The molecule has 26 heavy (non-hydrogen) atoms. The molecule has 0 spiro atoms. The molecule has 1 fully saturated rings. The third-order valence-corrected chi connectivity index (χ3v) is 4.74. The third-order valence-electron chi connectivity index (χ3n) is 4.74. The summed E-state index contributed by atoms with van der Waals surface area (Å²) in [4.78, 5) is 28.6. The normalized spacial score (nSPS) is 15.3. The lowest BCUT2D eigenvalue weighted by atomic mass is 9.93. The van der Waals surface area contributed by atoms with Crippen molar-refractivity contribution in [3.8, 4) is 0 Å². The summed E-state index contributed by atoms with van der Waals surface area (Å²) in [5, 5.41) is 2.66. The molecule has 0 unspecified atom stereocenters. The van der Waals surface area contributed by atoms with Crippen molar-refractivity contribution in [2.75, 3.05) is 25.5 Å². The van der Waals surface area contributed by atoms with Gasteiger partial charge in [0.2, 0.25) is 11.8 Å². The van der Waals surface area contributed by atoms with Crippen LogP contribution >= 0.6 is 0 Å². The summed E-state index contributed by atoms with van der Waals surface area (Å²) >= 11 is 0. The fourth-order valence-corrected chi connectivity index (χ4v) is 3.65. The van der Waals surface area contributed by atoms with Crippen molar-refractivity contribution in [3.05, 3.63) is 30.1 Å². The summed E-state index contributed by atoms with van der Waals surface area (Å²) < 4.78 is 13.2. The highest BCUT2D eigenvalue weighted by atomic mass is 19.1. The van der Waals surface area contributed by atoms with Gasteiger partial charge in [0.25, 0.3) is 0 Å². The molecule has 0 saturated heterocycles. The van der Waals surface area contributed by atoms with Crippen molar-refractivity contribution in [3.63, 3.8) is 0 Å². The van der Waals surface area contributed by atoms with E-state index >= 15 is 0 Å². The molecule has 1 saturated carbocycles. The molecule has 1 aliphatic carbocycles. The minimum absolute atomic E-state index is 0.0629. The number of anilines is 1. The number of nitrogens with one attached hydrogen (secondary N) is 1. The average molecular weight is 363 g/mol. The third kappa shape index (κ3) is 6.09. The Hall–Kier alpha value is -1.95. The standard InChI is InChI=1S/C20H30FN3O2/c1-15(2)24(18-10-5-4-6-11-18)20(26)14-23(3)13-19(25)22-17-9-7-8-16(21)12-17/h7-9,12,15,18H,4-6,10-11,13-14H2,1-3H3,(H,22,25). The molecule has 0 atom stereocenters. The number of hydrogen-bond acceptors (Lipinski definition) is 3. The van der Waals surface area contributed by atoms with Gasteiger partial charge in [0.05, 0.1) is 13.1 Å². The molecule has 6 heteroatoms. The monoisotopic (exact) mass is 363 g/mol. The molecular weight excluding hydrogens is 333 g/mol. The van der Waals surface area contributed by atoms with Crippen molar-refractivity contribution in [2.24, 2.45) is 0 Å². The number of nitrogens with zero attached hydrogens (tertiary/aromatic N) is 2. The number of benzene rings is 1. The van der Waals surface area contributed by atoms with Crippen molar-refractivity contribution in [1.82, 2.24) is 9.80 Å². The highest BCUT2D eigenvalue weighted by Crippen LogP contribution is 2.24. The van der Waals surface area contributed by atoms with Crippen molar-refractivity contribution >= 4 is 17.5 Å². The van der Waals surface area contributed by atoms with Gasteiger partial charge in [0.15, 0.2) is 0 Å². The zero-order valence-electron chi connectivity index (χ0n) is 16.0. The zero-order chi connectivity index (χ0) is 19.1. The zero-order valence-corrected chi connectivity index (χ0v) is 16.0. The highest BCUT2D eigenvalue weighted by molar-refractivity contribution is 5.92. The van der Waals surface area contributed by atoms with Crippen molar-refractivity contribution in [2.45, 2.75) is 58.0 Å². The molecule has 1 aromatic carbocycles. The maximum absolute atomic E-state index is 13.2. The average Bonchev–Trinajstić information content (AvgIpc) is 2.55. The van der Waals surface area contributed by atoms with Crippen LogP contribution < -0.4 is 5.32 Å². The van der Waals surface area contributed by atoms with Crippen LogP contribution in [0.1, 0.15) is 46.0 Å². The minimum Gasteiger partial charge on any atom is -0.336 e. The molecule has 1 aromatic rings. The molecule has 2 rings (SSSR count). The van der Waals surface area contributed by atoms with Crippen LogP contribution in [0.4, 0.5) is 10.1 Å². The van der Waals surface area contributed by atoms with E-state index in [1.54, 1.807) is 24.1 Å². The quantitative estimate of drug-likeness (QED) is 0.809. The molecule has 0 radical (unpaired) electrons. The van der Waals surface area contributed by atoms with Crippen molar-refractivity contribution < 1.29 is 14.0 Å². The Morgan fingerprint density at radius 3 is 2.50 bits per heavy atom. The fraction of sp³-hybridized carbons (Fsp3) is 0.600. The van der Waals surface area contributed by atoms with Gasteiger partial charge in [-0.25, -0.2) is 4.39 Å². The Kier molecular flexibility index (Phi) is 7.57. The Morgan fingerprint density at radius 1 is 1.19 bits per heavy atom. The van der Waals surface area contributed by atoms with Crippen LogP contribution in [0.5, 0.6) is 0 Å². The van der Waals surface area contributed by atoms with E-state index in [1.165, 1.54) is 31.4 Å². The summed E-state index contributed by atoms with van der Waals surface area (Å²) in [6.07, 6.45) is 5.72. The Morgan fingerprint density at radius 2 is 1.88 bits per heavy atom. The summed E-state index contributed by atoms with van der Waals surface area (Å²) in [7, 11) is 1.75. The number of hydrogen-bond donors (Lipinski definition) is 1. The van der Waals surface area contributed by atoms with E-state index in [0.29, 0.717) is 11.7 Å². The molecule has 0 bridgehead atoms. The highest BCUT2D eigenvalue weighted by Gasteiger charge is 2.28. The Labute approximate surface area is 155 Å². The molecular formula is C20H30FN3O2. The fourth-order valence-electron chi connectivity index (χ4n) is 3.65. The lowest BCUT2D eigenvalue weighted by Gasteiger charge is -2.38. The van der Waals surface area contributed by atoms with E-state index in [9.17, 15) is 14.0 Å². The summed E-state index contributed by atoms with van der Waals surface area (Å²) in [5.74, 6) is -0.598. The number of halogens is 1. The minimum atomic E-state index is -0.397. The van der Waals surface area contributed by atoms with Gasteiger partial charge in [-0.2, -0.15) is 0 Å². The topological polar surface area (TPSA) is 52.7 Å². The van der Waals surface area contributed by atoms with Crippen LogP contribution in [0, 0.1) is 5.82 Å². The molecule has 5 nitrogen and oxygen atoms in total. The number of carbonyl (C=O) groups excluding carboxylic acids is 2. The lowest BCUT2D eigenvalue weighted by molar-refractivity contribution is -0.137. The second-order valence-electron chi connectivity index (χ2n) is 7.42. The van der Waals surface area contributed by atoms with E-state index < -0.39 is 5.82 Å². The molecule has 2 amide bonds. The van der Waals surface area contributed by atoms with Gasteiger partial charge in [-0.15, -0.1) is 0 Å². The first-order valence-electron chi connectivity index (χ1n) is 9.42. The second kappa shape index (κ2) is 9.67. The number of rotatable bonds is 7. The van der Waals surface area contributed by atoms with Crippen LogP contribution in [-0.2, 0) is 9.59 Å². The van der Waals surface area contributed by atoms with E-state index in [-0.39, 0.29) is 30.9 Å². The first kappa shape index (κ1) is 20.4. The van der Waals surface area contributed by atoms with Gasteiger partial charge < -0.3 is 10.2 Å². The SMILES string of the molecule is CC(C)N(C(=O)CN(C)CC(=O)Nc1cccc(F)c1)C1CCCCC1. The predicted octanol–water partition coefficient (Wildman–Crippen LogP) is 3.27. The summed E-state index contributed by atoms with van der Waals surface area (Å²) in [5.41, 5.74) is 0.417. The molecule has 1 N–H and O–H groups in total. The van der Waals surface area contributed by atoms with Gasteiger partial charge in [0, 0.05) is 17.8 Å². The summed E-state index contributed by atoms with van der Waals surface area (Å²) in [6.45, 7) is 4.37. The van der Waals surface area contributed by atoms with E-state index in [2.05, 4.69) is 5.32 Å². The molecule has 144 valence electrons. The van der Waals surface area contributed by atoms with E-state index in [0.717, 1.165) is 12.8 Å². The molecule has 1 aliphatic rings. The van der Waals surface area contributed by atoms with Crippen LogP contribution in [0.15, 0.2) is 24.3 Å². The maximum atomic E-state index is 13.2. The predicted molar refractivity (Wildman–Crippen MR) is 101 cm³/mol. The van der Waals surface area contributed by atoms with Crippen molar-refractivity contribution in [1.29, 1.82) is 0 Å². The first-order valence-corrected chi connectivity index (χ1v) is 9.42. The van der Waals surface area contributed by atoms with Gasteiger partial charge in [-0.1, -0.05) is 25.3 Å². The molecule has 0 aromatic heterocycles. The van der Waals surface area contributed by atoms with E-state index in [4.69, 9.17) is 0 Å². The smallest absolute Gasteiger partial charge is 0.238 e. The molecule has 0 aliphatic heterocycles. The molecule has 0 heterocycles. The van der Waals surface area contributed by atoms with Crippen LogP contribution in [0.3, 0.4) is 0 Å². The van der Waals surface area contributed by atoms with Gasteiger partial charge in [0.1, 0.15) is 5.82 Å². The number of carbonyl (C=O) groups is 2. The maximum Gasteiger partial charge on any atom is 0.238 e. The van der Waals surface area contributed by atoms with Gasteiger partial charge in [-0.05, 0) is 51.9 Å². The first-order chi connectivity index (χ1) is 12.4. The lowest BCUT2D eigenvalue weighted by Crippen LogP contribution is -2.49. The van der Waals surface area contributed by atoms with Crippen LogP contribution in [0.2, 0.25) is 0 Å². The van der Waals surface area contributed by atoms with E-state index in [1.807, 2.05) is 18.7 Å². The second-order valence-corrected chi connectivity index (χ2v) is 7.42. The summed E-state index contributed by atoms with van der Waals surface area (Å²) in [6, 6.07) is 6.24. The van der Waals surface area contributed by atoms with Gasteiger partial charge in [-0.3, -0.25) is 14.5 Å². The Bertz CT molecular complexity index is 615. The van der Waals surface area contributed by atoms with Crippen LogP contribution in [0.25, 0.3) is 0 Å².